The summed E-state index contributed by atoms with van der Waals surface area (Å²) in [7, 11) is 0. The molecule has 0 atom stereocenters. The van der Waals surface area contributed by atoms with Crippen molar-refractivity contribution in [2.45, 2.75) is 5.03 Å². The van der Waals surface area contributed by atoms with Gasteiger partial charge in [0, 0.05) is 26.2 Å². The van der Waals surface area contributed by atoms with Gasteiger partial charge >= 0.3 is 0 Å². The number of anilines is 1. The number of rotatable bonds is 6. The van der Waals surface area contributed by atoms with E-state index in [0.717, 1.165) is 22.9 Å². The number of nitrogens with one attached hydrogen (secondary N) is 1. The Hall–Kier alpha value is -2.43. The van der Waals surface area contributed by atoms with Crippen LogP contribution in [0.1, 0.15) is 5.56 Å². The molecule has 0 bridgehead atoms. The van der Waals surface area contributed by atoms with E-state index in [1.165, 1.54) is 12.1 Å². The number of aromatic nitrogens is 1. The molecule has 0 aliphatic carbocycles. The molecule has 0 saturated carbocycles. The molecule has 4 nitrogen and oxygen atoms in total. The molecule has 0 unspecified atom stereocenters. The summed E-state index contributed by atoms with van der Waals surface area (Å²) in [4.78, 5) is 17.4. The van der Waals surface area contributed by atoms with Crippen LogP contribution in [0.5, 0.6) is 0 Å². The summed E-state index contributed by atoms with van der Waals surface area (Å²) in [6.45, 7) is 0. The first-order valence-electron chi connectivity index (χ1n) is 10.3. The van der Waals surface area contributed by atoms with Crippen LogP contribution in [0.2, 0.25) is 25.1 Å². The van der Waals surface area contributed by atoms with Gasteiger partial charge in [-0.25, -0.2) is 4.98 Å². The number of nitriles is 1. The van der Waals surface area contributed by atoms with E-state index >= 15 is 0 Å². The van der Waals surface area contributed by atoms with E-state index in [1.54, 1.807) is 24.3 Å². The molecule has 1 aromatic heterocycles. The van der Waals surface area contributed by atoms with Crippen LogP contribution in [0.4, 0.5) is 5.69 Å². The highest BCUT2D eigenvalue weighted by Gasteiger charge is 2.18. The standard InChI is InChI=1S/C26H14Cl5N3OS/c27-16-5-1-14(2-6-16)19-11-23(15-3-7-17(28)8-4-15)33-26(20(19)12-32)36-13-24(35)34-25-21(30)9-18(29)10-22(25)31/h1-11H,13H2,(H,34,35). The number of carbonyl (C=O) groups excluding carboxylic acids is 1. The Kier molecular flexibility index (Phi) is 8.69. The molecule has 0 fully saturated rings. The Labute approximate surface area is 237 Å². The van der Waals surface area contributed by atoms with Crippen LogP contribution in [-0.4, -0.2) is 16.6 Å². The Balaban J connectivity index is 1.69. The van der Waals surface area contributed by atoms with Crippen molar-refractivity contribution in [3.8, 4) is 28.5 Å². The summed E-state index contributed by atoms with van der Waals surface area (Å²) < 4.78 is 0. The third-order valence-corrected chi connectivity index (χ3v) is 7.30. The number of carbonyl (C=O) groups is 1. The first kappa shape index (κ1) is 26.6. The smallest absolute Gasteiger partial charge is 0.234 e. The second-order valence-electron chi connectivity index (χ2n) is 7.44. The van der Waals surface area contributed by atoms with Crippen LogP contribution in [0, 0.1) is 11.3 Å². The van der Waals surface area contributed by atoms with Crippen molar-refractivity contribution in [3.63, 3.8) is 0 Å². The molecule has 4 aromatic rings. The summed E-state index contributed by atoms with van der Waals surface area (Å²) in [6.07, 6.45) is 0. The number of benzene rings is 3. The van der Waals surface area contributed by atoms with Gasteiger partial charge in [-0.3, -0.25) is 4.79 Å². The average molecular weight is 594 g/mol. The van der Waals surface area contributed by atoms with E-state index in [9.17, 15) is 10.1 Å². The third kappa shape index (κ3) is 6.27. The average Bonchev–Trinajstić information content (AvgIpc) is 2.85. The number of hydrogen-bond acceptors (Lipinski definition) is 4. The molecular weight excluding hydrogens is 580 g/mol. The fraction of sp³-hybridized carbons (Fsp3) is 0.0385. The van der Waals surface area contributed by atoms with E-state index in [4.69, 9.17) is 63.0 Å². The molecule has 0 spiro atoms. The fourth-order valence-electron chi connectivity index (χ4n) is 3.33. The quantitative estimate of drug-likeness (QED) is 0.226. The number of hydrogen-bond donors (Lipinski definition) is 1. The molecule has 1 N–H and O–H groups in total. The zero-order valence-corrected chi connectivity index (χ0v) is 22.8. The zero-order chi connectivity index (χ0) is 25.8. The number of amides is 1. The maximum atomic E-state index is 12.7. The number of nitrogens with zero attached hydrogens (tertiary/aromatic N) is 2. The largest absolute Gasteiger partial charge is 0.323 e. The van der Waals surface area contributed by atoms with Gasteiger partial charge in [-0.2, -0.15) is 5.26 Å². The lowest BCUT2D eigenvalue weighted by atomic mass is 9.99. The molecule has 0 aliphatic rings. The van der Waals surface area contributed by atoms with Gasteiger partial charge in [0.2, 0.25) is 5.91 Å². The predicted molar refractivity (Wildman–Crippen MR) is 151 cm³/mol. The third-order valence-electron chi connectivity index (χ3n) is 5.00. The maximum Gasteiger partial charge on any atom is 0.234 e. The van der Waals surface area contributed by atoms with Gasteiger partial charge in [-0.05, 0) is 48.0 Å². The highest BCUT2D eigenvalue weighted by atomic mass is 35.5. The minimum absolute atomic E-state index is 0.0406. The summed E-state index contributed by atoms with van der Waals surface area (Å²) in [6, 6.07) is 21.4. The molecule has 10 heteroatoms. The van der Waals surface area contributed by atoms with E-state index in [2.05, 4.69) is 11.4 Å². The Morgan fingerprint density at radius 2 is 1.39 bits per heavy atom. The fourth-order valence-corrected chi connectivity index (χ4v) is 5.30. The maximum absolute atomic E-state index is 12.7. The van der Waals surface area contributed by atoms with Crippen molar-refractivity contribution in [3.05, 3.63) is 97.4 Å². The van der Waals surface area contributed by atoms with Crippen molar-refractivity contribution in [2.24, 2.45) is 0 Å². The number of halogens is 5. The first-order valence-corrected chi connectivity index (χ1v) is 13.2. The van der Waals surface area contributed by atoms with Crippen LogP contribution in [-0.2, 0) is 4.79 Å². The van der Waals surface area contributed by atoms with Gasteiger partial charge in [-0.1, -0.05) is 94.0 Å². The first-order chi connectivity index (χ1) is 17.2. The van der Waals surface area contributed by atoms with E-state index in [0.29, 0.717) is 36.9 Å². The summed E-state index contributed by atoms with van der Waals surface area (Å²) in [5.74, 6) is -0.414. The van der Waals surface area contributed by atoms with Crippen molar-refractivity contribution in [1.29, 1.82) is 5.26 Å². The van der Waals surface area contributed by atoms with Crippen LogP contribution in [0.25, 0.3) is 22.4 Å². The minimum Gasteiger partial charge on any atom is -0.323 e. The number of thioether (sulfide) groups is 1. The Bertz CT molecular complexity index is 1460. The molecule has 0 saturated heterocycles. The van der Waals surface area contributed by atoms with Gasteiger partial charge in [0.1, 0.15) is 11.1 Å². The zero-order valence-electron chi connectivity index (χ0n) is 18.2. The van der Waals surface area contributed by atoms with Crippen LogP contribution < -0.4 is 5.32 Å². The van der Waals surface area contributed by atoms with E-state index in [-0.39, 0.29) is 27.4 Å². The molecule has 1 heterocycles. The summed E-state index contributed by atoms with van der Waals surface area (Å²) in [5.41, 5.74) is 3.50. The normalized spacial score (nSPS) is 10.7. The molecule has 180 valence electrons. The topological polar surface area (TPSA) is 65.8 Å². The van der Waals surface area contributed by atoms with Crippen LogP contribution in [0.3, 0.4) is 0 Å². The highest BCUT2D eigenvalue weighted by molar-refractivity contribution is 8.00. The van der Waals surface area contributed by atoms with Crippen molar-refractivity contribution >= 4 is 81.4 Å². The lowest BCUT2D eigenvalue weighted by molar-refractivity contribution is -0.113. The molecular formula is C26H14Cl5N3OS. The lowest BCUT2D eigenvalue weighted by Gasteiger charge is -2.13. The Morgan fingerprint density at radius 3 is 1.94 bits per heavy atom. The molecule has 0 aliphatic heterocycles. The van der Waals surface area contributed by atoms with Crippen molar-refractivity contribution in [2.75, 3.05) is 11.1 Å². The number of pyridine rings is 1. The van der Waals surface area contributed by atoms with Crippen LogP contribution >= 0.6 is 69.8 Å². The van der Waals surface area contributed by atoms with E-state index < -0.39 is 0 Å². The monoisotopic (exact) mass is 591 g/mol. The van der Waals surface area contributed by atoms with E-state index in [1.807, 2.05) is 30.3 Å². The molecule has 3 aromatic carbocycles. The van der Waals surface area contributed by atoms with Gasteiger partial charge in [0.25, 0.3) is 0 Å². The molecule has 0 radical (unpaired) electrons. The van der Waals surface area contributed by atoms with Gasteiger partial charge in [0.15, 0.2) is 0 Å². The summed E-state index contributed by atoms with van der Waals surface area (Å²) >= 11 is 31.5. The van der Waals surface area contributed by atoms with Crippen molar-refractivity contribution in [1.82, 2.24) is 4.98 Å². The van der Waals surface area contributed by atoms with Gasteiger partial charge < -0.3 is 5.32 Å². The molecule has 36 heavy (non-hydrogen) atoms. The predicted octanol–water partition coefficient (Wildman–Crippen LogP) is 9.29. The molecule has 1 amide bonds. The highest BCUT2D eigenvalue weighted by Crippen LogP contribution is 2.36. The molecule has 4 rings (SSSR count). The van der Waals surface area contributed by atoms with Crippen LogP contribution in [0.15, 0.2) is 71.8 Å². The second-order valence-corrected chi connectivity index (χ2v) is 10.5. The minimum atomic E-state index is -0.373. The summed E-state index contributed by atoms with van der Waals surface area (Å²) in [5, 5.41) is 15.1. The Morgan fingerprint density at radius 1 is 0.833 bits per heavy atom. The second kappa shape index (κ2) is 11.7. The SMILES string of the molecule is N#Cc1c(-c2ccc(Cl)cc2)cc(-c2ccc(Cl)cc2)nc1SCC(=O)Nc1c(Cl)cc(Cl)cc1Cl. The van der Waals surface area contributed by atoms with Gasteiger partial charge in [-0.15, -0.1) is 0 Å². The van der Waals surface area contributed by atoms with Gasteiger partial charge in [0.05, 0.1) is 32.7 Å². The lowest BCUT2D eigenvalue weighted by Crippen LogP contribution is -2.15. The van der Waals surface area contributed by atoms with Crippen molar-refractivity contribution < 1.29 is 4.79 Å².